The first kappa shape index (κ1) is 20.7. The summed E-state index contributed by atoms with van der Waals surface area (Å²) in [6, 6.07) is 16.8. The van der Waals surface area contributed by atoms with Crippen LogP contribution < -0.4 is 4.74 Å². The van der Waals surface area contributed by atoms with Crippen LogP contribution in [0.4, 0.5) is 0 Å². The highest BCUT2D eigenvalue weighted by Crippen LogP contribution is 2.78. The van der Waals surface area contributed by atoms with Crippen LogP contribution >= 0.6 is 0 Å². The maximum atomic E-state index is 12.3. The third kappa shape index (κ3) is 3.76. The molecule has 2 nitrogen and oxygen atoms in total. The van der Waals surface area contributed by atoms with Gasteiger partial charge in [0.25, 0.3) is 0 Å². The molecular formula is C28H32O2. The Kier molecular flexibility index (Phi) is 5.22. The number of hydrogen-bond acceptors (Lipinski definition) is 2. The highest BCUT2D eigenvalue weighted by molar-refractivity contribution is 5.91. The molecule has 0 radical (unpaired) electrons. The summed E-state index contributed by atoms with van der Waals surface area (Å²) in [4.78, 5) is 12.3. The number of carbonyl (C=O) groups excluding carboxylic acids is 1. The second-order valence-electron chi connectivity index (χ2n) is 9.99. The van der Waals surface area contributed by atoms with Crippen molar-refractivity contribution in [1.82, 2.24) is 0 Å². The van der Waals surface area contributed by atoms with Crippen molar-refractivity contribution >= 4 is 12.0 Å². The average molecular weight is 401 g/mol. The molecule has 2 saturated carbocycles. The van der Waals surface area contributed by atoms with Crippen LogP contribution in [0.2, 0.25) is 0 Å². The standard InChI is InChI=1S/C28H32O2/c1-21(15-18-28-20-27(28,4)17-8-16-26(28,2)3)19-22-11-13-23(14-12-22)25(29)30-24-9-6-5-7-10-24/h5-7,9-15,18-19H,8,16-17,20H2,1-4H3/b18-15+,21-19+. The molecule has 0 heterocycles. The number of rotatable bonds is 5. The molecule has 0 aromatic heterocycles. The summed E-state index contributed by atoms with van der Waals surface area (Å²) in [7, 11) is 0. The summed E-state index contributed by atoms with van der Waals surface area (Å²) >= 11 is 0. The van der Waals surface area contributed by atoms with Gasteiger partial charge in [0.1, 0.15) is 5.75 Å². The van der Waals surface area contributed by atoms with Gasteiger partial charge in [0, 0.05) is 0 Å². The predicted octanol–water partition coefficient (Wildman–Crippen LogP) is 7.47. The SMILES string of the molecule is CC(/C=C/C12CC1(C)CCCC2(C)C)=C\c1ccc(C(=O)Oc2ccccc2)cc1. The van der Waals surface area contributed by atoms with Crippen LogP contribution in [0.5, 0.6) is 5.75 Å². The molecule has 0 spiro atoms. The minimum absolute atomic E-state index is 0.333. The Bertz CT molecular complexity index is 981. The minimum atomic E-state index is -0.333. The lowest BCUT2D eigenvalue weighted by Gasteiger charge is -2.41. The number of hydrogen-bond donors (Lipinski definition) is 0. The molecule has 0 bridgehead atoms. The van der Waals surface area contributed by atoms with E-state index in [0.29, 0.717) is 27.6 Å². The number of benzene rings is 2. The van der Waals surface area contributed by atoms with Gasteiger partial charge < -0.3 is 4.74 Å². The molecule has 2 aromatic rings. The van der Waals surface area contributed by atoms with E-state index in [-0.39, 0.29) is 5.97 Å². The van der Waals surface area contributed by atoms with E-state index in [1.165, 1.54) is 31.3 Å². The number of ether oxygens (including phenoxy) is 1. The number of carbonyl (C=O) groups is 1. The zero-order valence-corrected chi connectivity index (χ0v) is 18.6. The molecule has 2 atom stereocenters. The third-order valence-electron chi connectivity index (χ3n) is 7.48. The number of fused-ring (bicyclic) bond motifs is 1. The van der Waals surface area contributed by atoms with Gasteiger partial charge in [0.05, 0.1) is 5.56 Å². The predicted molar refractivity (Wildman–Crippen MR) is 123 cm³/mol. The summed E-state index contributed by atoms with van der Waals surface area (Å²) in [5, 5.41) is 0. The van der Waals surface area contributed by atoms with Crippen molar-refractivity contribution in [1.29, 1.82) is 0 Å². The van der Waals surface area contributed by atoms with Crippen LogP contribution in [0.25, 0.3) is 6.08 Å². The van der Waals surface area contributed by atoms with E-state index >= 15 is 0 Å². The lowest BCUT2D eigenvalue weighted by molar-refractivity contribution is 0.0735. The molecule has 2 aliphatic carbocycles. The molecule has 2 fully saturated rings. The Morgan fingerprint density at radius 1 is 0.967 bits per heavy atom. The largest absolute Gasteiger partial charge is 0.423 e. The second-order valence-corrected chi connectivity index (χ2v) is 9.99. The molecule has 30 heavy (non-hydrogen) atoms. The zero-order chi connectivity index (χ0) is 21.4. The van der Waals surface area contributed by atoms with Gasteiger partial charge >= 0.3 is 5.97 Å². The van der Waals surface area contributed by atoms with Crippen molar-refractivity contribution in [2.75, 3.05) is 0 Å². The fraction of sp³-hybridized carbons (Fsp3) is 0.393. The topological polar surface area (TPSA) is 26.3 Å². The molecule has 2 heteroatoms. The first-order valence-corrected chi connectivity index (χ1v) is 11.0. The highest BCUT2D eigenvalue weighted by atomic mass is 16.5. The molecule has 0 aliphatic heterocycles. The summed E-state index contributed by atoms with van der Waals surface area (Å²) < 4.78 is 5.41. The molecule has 2 aromatic carbocycles. The van der Waals surface area contributed by atoms with Gasteiger partial charge in [0.15, 0.2) is 0 Å². The first-order chi connectivity index (χ1) is 14.2. The molecule has 0 saturated heterocycles. The van der Waals surface area contributed by atoms with Gasteiger partial charge in [-0.25, -0.2) is 4.79 Å². The molecular weight excluding hydrogens is 368 g/mol. The maximum absolute atomic E-state index is 12.3. The van der Waals surface area contributed by atoms with E-state index in [1.807, 2.05) is 42.5 Å². The van der Waals surface area contributed by atoms with Crippen LogP contribution in [0, 0.1) is 16.2 Å². The monoisotopic (exact) mass is 400 g/mol. The Balaban J connectivity index is 1.44. The van der Waals surface area contributed by atoms with E-state index in [1.54, 1.807) is 12.1 Å². The fourth-order valence-corrected chi connectivity index (χ4v) is 5.52. The normalized spacial score (nSPS) is 27.5. The summed E-state index contributed by atoms with van der Waals surface area (Å²) in [6.45, 7) is 9.49. The Morgan fingerprint density at radius 3 is 2.33 bits per heavy atom. The smallest absolute Gasteiger partial charge is 0.343 e. The van der Waals surface area contributed by atoms with Crippen LogP contribution in [-0.2, 0) is 0 Å². The summed E-state index contributed by atoms with van der Waals surface area (Å²) in [6.07, 6.45) is 12.3. The summed E-state index contributed by atoms with van der Waals surface area (Å²) in [5.41, 5.74) is 4.08. The van der Waals surface area contributed by atoms with Gasteiger partial charge in [-0.15, -0.1) is 0 Å². The maximum Gasteiger partial charge on any atom is 0.343 e. The number of para-hydroxylation sites is 1. The van der Waals surface area contributed by atoms with Gasteiger partial charge in [-0.3, -0.25) is 0 Å². The van der Waals surface area contributed by atoms with Crippen LogP contribution in [0.3, 0.4) is 0 Å². The average Bonchev–Trinajstić information content (AvgIpc) is 3.35. The lowest BCUT2D eigenvalue weighted by atomic mass is 9.63. The van der Waals surface area contributed by atoms with Crippen LogP contribution in [0.1, 0.15) is 69.3 Å². The first-order valence-electron chi connectivity index (χ1n) is 11.0. The Labute approximate surface area is 180 Å². The van der Waals surface area contributed by atoms with Crippen molar-refractivity contribution < 1.29 is 9.53 Å². The van der Waals surface area contributed by atoms with Crippen molar-refractivity contribution in [3.05, 3.63) is 83.4 Å². The molecule has 156 valence electrons. The highest BCUT2D eigenvalue weighted by Gasteiger charge is 2.69. The van der Waals surface area contributed by atoms with E-state index in [9.17, 15) is 4.79 Å². The molecule has 4 rings (SSSR count). The van der Waals surface area contributed by atoms with Crippen molar-refractivity contribution in [2.24, 2.45) is 16.2 Å². The lowest BCUT2D eigenvalue weighted by Crippen LogP contribution is -2.32. The number of esters is 1. The van der Waals surface area contributed by atoms with E-state index in [0.717, 1.165) is 5.56 Å². The Morgan fingerprint density at radius 2 is 1.67 bits per heavy atom. The quantitative estimate of drug-likeness (QED) is 0.295. The van der Waals surface area contributed by atoms with Crippen LogP contribution in [0.15, 0.2) is 72.3 Å². The fourth-order valence-electron chi connectivity index (χ4n) is 5.52. The van der Waals surface area contributed by atoms with Crippen LogP contribution in [-0.4, -0.2) is 5.97 Å². The van der Waals surface area contributed by atoms with E-state index in [4.69, 9.17) is 4.74 Å². The Hall–Kier alpha value is -2.61. The zero-order valence-electron chi connectivity index (χ0n) is 18.6. The summed E-state index contributed by atoms with van der Waals surface area (Å²) in [5.74, 6) is 0.226. The second kappa shape index (κ2) is 7.58. The van der Waals surface area contributed by atoms with Gasteiger partial charge in [-0.1, -0.05) is 81.3 Å². The molecule has 0 N–H and O–H groups in total. The van der Waals surface area contributed by atoms with Crippen molar-refractivity contribution in [3.63, 3.8) is 0 Å². The molecule has 2 unspecified atom stereocenters. The van der Waals surface area contributed by atoms with Gasteiger partial charge in [-0.2, -0.15) is 0 Å². The molecule has 2 aliphatic rings. The van der Waals surface area contributed by atoms with Crippen molar-refractivity contribution in [3.8, 4) is 5.75 Å². The third-order valence-corrected chi connectivity index (χ3v) is 7.48. The van der Waals surface area contributed by atoms with E-state index in [2.05, 4.69) is 45.9 Å². The van der Waals surface area contributed by atoms with Crippen molar-refractivity contribution in [2.45, 2.75) is 53.4 Å². The van der Waals surface area contributed by atoms with Gasteiger partial charge in [0.2, 0.25) is 0 Å². The molecule has 0 amide bonds. The van der Waals surface area contributed by atoms with Gasteiger partial charge in [-0.05, 0) is 72.3 Å². The minimum Gasteiger partial charge on any atom is -0.423 e. The van der Waals surface area contributed by atoms with E-state index < -0.39 is 0 Å². The number of allylic oxidation sites excluding steroid dienone is 3.